The lowest BCUT2D eigenvalue weighted by Gasteiger charge is -2.36. The molecule has 1 aliphatic rings. The van der Waals surface area contributed by atoms with Gasteiger partial charge in [0.1, 0.15) is 0 Å². The molecule has 10 heteroatoms. The molecule has 0 atom stereocenters. The summed E-state index contributed by atoms with van der Waals surface area (Å²) in [6.45, 7) is 4.81. The van der Waals surface area contributed by atoms with Crippen LogP contribution in [0.25, 0.3) is 0 Å². The van der Waals surface area contributed by atoms with E-state index in [1.54, 1.807) is 11.8 Å². The molecule has 0 spiro atoms. The Hall–Kier alpha value is -1.84. The summed E-state index contributed by atoms with van der Waals surface area (Å²) in [5.41, 5.74) is 1.07. The minimum atomic E-state index is -0.213. The van der Waals surface area contributed by atoms with Crippen LogP contribution in [0.15, 0.2) is 28.6 Å². The monoisotopic (exact) mass is 439 g/mol. The second-order valence-electron chi connectivity index (χ2n) is 6.20. The zero-order valence-electron chi connectivity index (χ0n) is 15.6. The third kappa shape index (κ3) is 5.83. The summed E-state index contributed by atoms with van der Waals surface area (Å²) in [5, 5.41) is 11.8. The predicted octanol–water partition coefficient (Wildman–Crippen LogP) is 3.37. The normalized spacial score (nSPS) is 14.2. The highest BCUT2D eigenvalue weighted by Gasteiger charge is 2.22. The third-order valence-electron chi connectivity index (χ3n) is 4.29. The van der Waals surface area contributed by atoms with E-state index in [2.05, 4.69) is 20.4 Å². The first-order valence-electron chi connectivity index (χ1n) is 9.09. The Bertz CT molecular complexity index is 824. The highest BCUT2D eigenvalue weighted by molar-refractivity contribution is 8.01. The molecule has 0 unspecified atom stereocenters. The molecule has 2 amide bonds. The first-order valence-corrected chi connectivity index (χ1v) is 11.3. The van der Waals surface area contributed by atoms with E-state index < -0.39 is 0 Å². The molecule has 150 valence electrons. The first-order chi connectivity index (χ1) is 13.5. The van der Waals surface area contributed by atoms with E-state index in [-0.39, 0.29) is 24.7 Å². The van der Waals surface area contributed by atoms with E-state index in [4.69, 9.17) is 11.6 Å². The molecule has 1 aromatic carbocycles. The SMILES string of the molecule is CCSc1nnc(NC(=O)CCC(=O)N2CCN(c3cccc(Cl)c3)CC2)s1. The van der Waals surface area contributed by atoms with E-state index in [0.717, 1.165) is 28.9 Å². The van der Waals surface area contributed by atoms with Gasteiger partial charge < -0.3 is 15.1 Å². The summed E-state index contributed by atoms with van der Waals surface area (Å²) in [7, 11) is 0. The molecular weight excluding hydrogens is 418 g/mol. The van der Waals surface area contributed by atoms with Crippen molar-refractivity contribution < 1.29 is 9.59 Å². The van der Waals surface area contributed by atoms with Gasteiger partial charge in [0, 0.05) is 49.7 Å². The lowest BCUT2D eigenvalue weighted by molar-refractivity contribution is -0.133. The maximum Gasteiger partial charge on any atom is 0.226 e. The van der Waals surface area contributed by atoms with Gasteiger partial charge in [0.05, 0.1) is 0 Å². The molecule has 0 aliphatic carbocycles. The molecule has 1 fully saturated rings. The van der Waals surface area contributed by atoms with Crippen LogP contribution in [0.5, 0.6) is 0 Å². The average Bonchev–Trinajstić information content (AvgIpc) is 3.13. The lowest BCUT2D eigenvalue weighted by Crippen LogP contribution is -2.48. The predicted molar refractivity (Wildman–Crippen MR) is 114 cm³/mol. The molecule has 28 heavy (non-hydrogen) atoms. The molecule has 2 aromatic rings. The lowest BCUT2D eigenvalue weighted by atomic mass is 10.2. The summed E-state index contributed by atoms with van der Waals surface area (Å²) in [6.07, 6.45) is 0.335. The van der Waals surface area contributed by atoms with Crippen molar-refractivity contribution in [1.29, 1.82) is 0 Å². The van der Waals surface area contributed by atoms with Crippen molar-refractivity contribution >= 4 is 57.3 Å². The Kier molecular flexibility index (Phi) is 7.52. The fourth-order valence-electron chi connectivity index (χ4n) is 2.89. The smallest absolute Gasteiger partial charge is 0.226 e. The summed E-state index contributed by atoms with van der Waals surface area (Å²) in [6, 6.07) is 7.73. The number of carbonyl (C=O) groups is 2. The van der Waals surface area contributed by atoms with Crippen LogP contribution in [0.1, 0.15) is 19.8 Å². The molecule has 1 aliphatic heterocycles. The molecular formula is C18H22ClN5O2S2. The Balaban J connectivity index is 1.41. The second kappa shape index (κ2) is 10.1. The molecule has 0 saturated carbocycles. The fourth-order valence-corrected chi connectivity index (χ4v) is 4.74. The number of carbonyl (C=O) groups excluding carboxylic acids is 2. The Morgan fingerprint density at radius 2 is 2.00 bits per heavy atom. The molecule has 1 N–H and O–H groups in total. The van der Waals surface area contributed by atoms with Crippen LogP contribution in [-0.4, -0.2) is 58.8 Å². The van der Waals surface area contributed by atoms with Crippen LogP contribution >= 0.6 is 34.7 Å². The van der Waals surface area contributed by atoms with Crippen molar-refractivity contribution in [1.82, 2.24) is 15.1 Å². The van der Waals surface area contributed by atoms with Gasteiger partial charge in [-0.3, -0.25) is 9.59 Å². The maximum absolute atomic E-state index is 12.4. The summed E-state index contributed by atoms with van der Waals surface area (Å²) < 4.78 is 0.825. The van der Waals surface area contributed by atoms with Crippen LogP contribution in [0.4, 0.5) is 10.8 Å². The van der Waals surface area contributed by atoms with Crippen LogP contribution in [0, 0.1) is 0 Å². The second-order valence-corrected chi connectivity index (χ2v) is 9.13. The van der Waals surface area contributed by atoms with Crippen LogP contribution < -0.4 is 10.2 Å². The molecule has 3 rings (SSSR count). The maximum atomic E-state index is 12.4. The number of rotatable bonds is 7. The van der Waals surface area contributed by atoms with Gasteiger partial charge in [-0.15, -0.1) is 10.2 Å². The van der Waals surface area contributed by atoms with Gasteiger partial charge in [-0.05, 0) is 24.0 Å². The largest absolute Gasteiger partial charge is 0.368 e. The number of anilines is 2. The molecule has 0 bridgehead atoms. The highest BCUT2D eigenvalue weighted by Crippen LogP contribution is 2.25. The van der Waals surface area contributed by atoms with Gasteiger partial charge in [-0.25, -0.2) is 0 Å². The van der Waals surface area contributed by atoms with Crippen molar-refractivity contribution in [3.63, 3.8) is 0 Å². The highest BCUT2D eigenvalue weighted by atomic mass is 35.5. The van der Waals surface area contributed by atoms with Gasteiger partial charge in [0.15, 0.2) is 4.34 Å². The Labute approximate surface area is 177 Å². The van der Waals surface area contributed by atoms with Gasteiger partial charge in [0.2, 0.25) is 16.9 Å². The zero-order chi connectivity index (χ0) is 19.9. The van der Waals surface area contributed by atoms with Gasteiger partial charge in [0.25, 0.3) is 0 Å². The number of nitrogens with zero attached hydrogens (tertiary/aromatic N) is 4. The van der Waals surface area contributed by atoms with Gasteiger partial charge in [-0.2, -0.15) is 0 Å². The number of amides is 2. The molecule has 1 saturated heterocycles. The minimum absolute atomic E-state index is 0.000357. The van der Waals surface area contributed by atoms with Crippen LogP contribution in [-0.2, 0) is 9.59 Å². The quantitative estimate of drug-likeness (QED) is 0.526. The molecule has 1 aromatic heterocycles. The van der Waals surface area contributed by atoms with Crippen LogP contribution in [0.2, 0.25) is 5.02 Å². The summed E-state index contributed by atoms with van der Waals surface area (Å²) in [4.78, 5) is 28.5. The van der Waals surface area contributed by atoms with Crippen molar-refractivity contribution in [3.8, 4) is 0 Å². The Morgan fingerprint density at radius 1 is 1.21 bits per heavy atom. The number of piperazine rings is 1. The van der Waals surface area contributed by atoms with E-state index >= 15 is 0 Å². The fraction of sp³-hybridized carbons (Fsp3) is 0.444. The number of hydrogen-bond donors (Lipinski definition) is 1. The number of thioether (sulfide) groups is 1. The van der Waals surface area contributed by atoms with Crippen LogP contribution in [0.3, 0.4) is 0 Å². The number of hydrogen-bond acceptors (Lipinski definition) is 7. The molecule has 2 heterocycles. The van der Waals surface area contributed by atoms with Gasteiger partial charge in [-0.1, -0.05) is 47.7 Å². The van der Waals surface area contributed by atoms with Crippen molar-refractivity contribution in [2.75, 3.05) is 42.1 Å². The van der Waals surface area contributed by atoms with E-state index in [1.165, 1.54) is 11.3 Å². The minimum Gasteiger partial charge on any atom is -0.368 e. The number of nitrogens with one attached hydrogen (secondary N) is 1. The third-order valence-corrected chi connectivity index (χ3v) is 6.38. The Morgan fingerprint density at radius 3 is 2.71 bits per heavy atom. The number of benzene rings is 1. The molecule has 0 radical (unpaired) electrons. The standard InChI is InChI=1S/C18H22ClN5O2S2/c1-2-27-18-22-21-17(28-18)20-15(25)6-7-16(26)24-10-8-23(9-11-24)14-5-3-4-13(19)12-14/h3-5,12H,2,6-11H2,1H3,(H,20,21,25). The van der Waals surface area contributed by atoms with Crippen molar-refractivity contribution in [2.45, 2.75) is 24.1 Å². The summed E-state index contributed by atoms with van der Waals surface area (Å²) >= 11 is 8.98. The number of aromatic nitrogens is 2. The van der Waals surface area contributed by atoms with E-state index in [9.17, 15) is 9.59 Å². The van der Waals surface area contributed by atoms with Crippen molar-refractivity contribution in [2.24, 2.45) is 0 Å². The van der Waals surface area contributed by atoms with E-state index in [0.29, 0.717) is 23.2 Å². The van der Waals surface area contributed by atoms with Gasteiger partial charge >= 0.3 is 0 Å². The topological polar surface area (TPSA) is 78.4 Å². The molecule has 7 nitrogen and oxygen atoms in total. The first kappa shape index (κ1) is 20.9. The average molecular weight is 440 g/mol. The zero-order valence-corrected chi connectivity index (χ0v) is 17.9. The van der Waals surface area contributed by atoms with Crippen molar-refractivity contribution in [3.05, 3.63) is 29.3 Å². The van der Waals surface area contributed by atoms with E-state index in [1.807, 2.05) is 36.1 Å². The summed E-state index contributed by atoms with van der Waals surface area (Å²) in [5.74, 6) is 0.692. The number of halogens is 1.